The van der Waals surface area contributed by atoms with Gasteiger partial charge in [0.15, 0.2) is 0 Å². The molecule has 0 amide bonds. The van der Waals surface area contributed by atoms with Crippen molar-refractivity contribution >= 4 is 112 Å². The molecule has 0 bridgehead atoms. The molecule has 4 rings (SSSR count). The molecule has 318 valence electrons. The second-order valence-corrected chi connectivity index (χ2v) is 39.6. The first-order chi connectivity index (χ1) is 26.0. The fourth-order valence-corrected chi connectivity index (χ4v) is 7.32. The molecule has 0 spiro atoms. The van der Waals surface area contributed by atoms with Crippen molar-refractivity contribution < 1.29 is 0 Å². The third-order valence-corrected chi connectivity index (χ3v) is 10.7. The Morgan fingerprint density at radius 1 is 0.291 bits per heavy atom. The minimum atomic E-state index is -0.919. The van der Waals surface area contributed by atoms with Crippen LogP contribution in [0.15, 0.2) is 121 Å². The van der Waals surface area contributed by atoms with E-state index in [1.54, 1.807) is 0 Å². The molecule has 4 aromatic carbocycles. The lowest BCUT2D eigenvalue weighted by Crippen LogP contribution is -2.38. The van der Waals surface area contributed by atoms with E-state index in [2.05, 4.69) is 259 Å². The van der Waals surface area contributed by atoms with Crippen LogP contribution in [0.25, 0.3) is 0 Å². The monoisotopic (exact) mass is 919 g/mol. The van der Waals surface area contributed by atoms with Crippen LogP contribution >= 0.6 is 0 Å². The third-order valence-electron chi connectivity index (χ3n) is 5.20. The van der Waals surface area contributed by atoms with Gasteiger partial charge in [-0.05, 0) is 0 Å². The van der Waals surface area contributed by atoms with Crippen LogP contribution in [0.4, 0.5) is 0 Å². The SMILES string of the molecule is C[SiH2]C.C[SiH2]C.C[SiH2]C.C[SiH2]C.C[SiH2]C.C[SiH2]C.C[SiH](C)C.C[SiH](c1ccccc1)c1ccccc1.C[SiH](c1ccccc1)c1ccccc1.C[Si](C)(C)C. The largest absolute Gasteiger partial charge is 0.0997 e. The van der Waals surface area contributed by atoms with Gasteiger partial charge >= 0.3 is 0 Å². The Balaban J connectivity index is -0.000000135. The predicted octanol–water partition coefficient (Wildman–Crippen LogP) is 7.88. The summed E-state index contributed by atoms with van der Waals surface area (Å²) in [6.07, 6.45) is 0. The highest BCUT2D eigenvalue weighted by atomic mass is 28.3. The number of benzene rings is 4. The molecule has 0 atom stereocenters. The molecule has 0 saturated carbocycles. The summed E-state index contributed by atoms with van der Waals surface area (Å²) in [7, 11) is -0.0875. The third kappa shape index (κ3) is 62.5. The number of hydrogen-bond donors (Lipinski definition) is 0. The summed E-state index contributed by atoms with van der Waals surface area (Å²) < 4.78 is 0. The van der Waals surface area contributed by atoms with Crippen molar-refractivity contribution in [2.24, 2.45) is 0 Å². The molecule has 0 saturated heterocycles. The van der Waals surface area contributed by atoms with Crippen LogP contribution in [0, 0.1) is 0 Å². The van der Waals surface area contributed by atoms with Crippen molar-refractivity contribution in [1.82, 2.24) is 0 Å². The maximum atomic E-state index is 2.38. The van der Waals surface area contributed by atoms with Gasteiger partial charge in [-0.25, -0.2) is 0 Å². The van der Waals surface area contributed by atoms with Gasteiger partial charge in [0.1, 0.15) is 0 Å². The highest BCUT2D eigenvalue weighted by molar-refractivity contribution is 6.84. The summed E-state index contributed by atoms with van der Waals surface area (Å²) >= 11 is 0. The maximum absolute atomic E-state index is 2.38. The summed E-state index contributed by atoms with van der Waals surface area (Å²) in [4.78, 5) is 0. The normalized spacial score (nSPS) is 9.02. The number of rotatable bonds is 4. The van der Waals surface area contributed by atoms with Crippen LogP contribution in [0.3, 0.4) is 0 Å². The highest BCUT2D eigenvalue weighted by Crippen LogP contribution is 1.95. The molecule has 0 heterocycles. The van der Waals surface area contributed by atoms with E-state index in [0.29, 0.717) is 57.1 Å². The van der Waals surface area contributed by atoms with Gasteiger partial charge in [-0.3, -0.25) is 0 Å². The van der Waals surface area contributed by atoms with Crippen molar-refractivity contribution in [2.45, 2.75) is 137 Å². The van der Waals surface area contributed by atoms with E-state index in [9.17, 15) is 0 Å². The van der Waals surface area contributed by atoms with E-state index in [1.165, 1.54) is 20.7 Å². The standard InChI is InChI=1S/2C13H14Si.C4H12Si.C3H10Si.6C2H8Si/c2*1-14(12-8-4-2-5-9-12)13-10-6-3-7-11-13;1-5(2,3)4;1-4(2)3;6*1-3-2/h2*2-11,14H,1H3;1-4H3;4H,1-3H3;6*3H2,1-2H3. The van der Waals surface area contributed by atoms with Gasteiger partial charge in [0.2, 0.25) is 0 Å². The average Bonchev–Trinajstić information content (AvgIpc) is 3.14. The first kappa shape index (κ1) is 65.9. The molecule has 55 heavy (non-hydrogen) atoms. The van der Waals surface area contributed by atoms with E-state index in [-0.39, 0.29) is 8.80 Å². The van der Waals surface area contributed by atoms with Crippen LogP contribution in [-0.4, -0.2) is 91.6 Å². The van der Waals surface area contributed by atoms with Crippen molar-refractivity contribution in [2.75, 3.05) is 0 Å². The molecule has 0 N–H and O–H groups in total. The molecule has 10 heteroatoms. The average molecular weight is 920 g/mol. The zero-order chi connectivity index (χ0) is 43.9. The summed E-state index contributed by atoms with van der Waals surface area (Å²) in [6, 6.07) is 43.2. The summed E-state index contributed by atoms with van der Waals surface area (Å²) in [6.45, 7) is 48.1. The van der Waals surface area contributed by atoms with Crippen molar-refractivity contribution in [3.8, 4) is 0 Å². The lowest BCUT2D eigenvalue weighted by atomic mass is 10.4. The van der Waals surface area contributed by atoms with Crippen molar-refractivity contribution in [1.29, 1.82) is 0 Å². The highest BCUT2D eigenvalue weighted by Gasteiger charge is 2.09. The molecule has 0 nitrogen and oxygen atoms in total. The van der Waals surface area contributed by atoms with Crippen LogP contribution in [0.1, 0.15) is 0 Å². The second-order valence-electron chi connectivity index (χ2n) is 16.1. The Bertz CT molecular complexity index is 992. The molecule has 0 radical (unpaired) electrons. The summed E-state index contributed by atoms with van der Waals surface area (Å²) in [5.74, 6) is 0. The molecule has 0 aromatic heterocycles. The zero-order valence-electron chi connectivity index (χ0n) is 41.0. The van der Waals surface area contributed by atoms with Crippen molar-refractivity contribution in [3.05, 3.63) is 121 Å². The van der Waals surface area contributed by atoms with E-state index in [0.717, 1.165) is 0 Å². The zero-order valence-corrected chi connectivity index (χ0v) is 54.0. The smallest absolute Gasteiger partial charge is 0.0750 e. The fraction of sp³-hybridized carbons (Fsp3) is 0.467. The van der Waals surface area contributed by atoms with E-state index < -0.39 is 25.7 Å². The molecule has 0 aliphatic rings. The molecule has 0 aliphatic carbocycles. The van der Waals surface area contributed by atoms with Gasteiger partial charge < -0.3 is 0 Å². The van der Waals surface area contributed by atoms with Crippen LogP contribution in [0.2, 0.25) is 137 Å². The quantitative estimate of drug-likeness (QED) is 0.183. The maximum Gasteiger partial charge on any atom is 0.0997 e. The van der Waals surface area contributed by atoms with E-state index in [4.69, 9.17) is 0 Å². The lowest BCUT2D eigenvalue weighted by molar-refractivity contribution is 1.71. The second kappa shape index (κ2) is 53.0. The molecule has 0 fully saturated rings. The summed E-state index contributed by atoms with van der Waals surface area (Å²) in [5.41, 5.74) is 0. The van der Waals surface area contributed by atoms with Gasteiger partial charge in [-0.2, -0.15) is 0 Å². The van der Waals surface area contributed by atoms with Crippen molar-refractivity contribution in [3.63, 3.8) is 0 Å². The van der Waals surface area contributed by atoms with Crippen LogP contribution in [0.5, 0.6) is 0 Å². The van der Waals surface area contributed by atoms with Gasteiger partial charge in [0.05, 0.1) is 17.6 Å². The molecular weight excluding hydrogens is 821 g/mol. The fourth-order valence-electron chi connectivity index (χ4n) is 3.35. The predicted molar refractivity (Wildman–Crippen MR) is 306 cm³/mol. The first-order valence-electron chi connectivity index (χ1n) is 22.2. The van der Waals surface area contributed by atoms with Crippen LogP contribution < -0.4 is 20.7 Å². The van der Waals surface area contributed by atoms with Crippen LogP contribution in [-0.2, 0) is 0 Å². The summed E-state index contributed by atoms with van der Waals surface area (Å²) in [5, 5.41) is 6.05. The Morgan fingerprint density at radius 3 is 0.473 bits per heavy atom. The molecule has 0 unspecified atom stereocenters. The molecular formula is C45H98Si10. The lowest BCUT2D eigenvalue weighted by Gasteiger charge is -2.09. The minimum Gasteiger partial charge on any atom is -0.0750 e. The Labute approximate surface area is 368 Å². The van der Waals surface area contributed by atoms with Gasteiger partial charge in [-0.15, -0.1) is 0 Å². The first-order valence-corrected chi connectivity index (χ1v) is 51.2. The minimum absolute atomic E-state index is 0.139. The Hall–Kier alpha value is -0.951. The molecule has 0 aliphatic heterocycles. The van der Waals surface area contributed by atoms with Gasteiger partial charge in [0.25, 0.3) is 0 Å². The van der Waals surface area contributed by atoms with Gasteiger partial charge in [0, 0.05) is 74.0 Å². The van der Waals surface area contributed by atoms with E-state index >= 15 is 0 Å². The topological polar surface area (TPSA) is 0 Å². The number of hydrogen-bond acceptors (Lipinski definition) is 0. The van der Waals surface area contributed by atoms with Gasteiger partial charge in [-0.1, -0.05) is 280 Å². The Kier molecular flexibility index (Phi) is 63.5. The Morgan fingerprint density at radius 2 is 0.382 bits per heavy atom. The molecule has 4 aromatic rings. The van der Waals surface area contributed by atoms with E-state index in [1.807, 2.05) is 0 Å².